The summed E-state index contributed by atoms with van der Waals surface area (Å²) in [5.41, 5.74) is 10.2. The van der Waals surface area contributed by atoms with E-state index in [-0.39, 0.29) is 17.3 Å². The number of alkyl halides is 3. The topological polar surface area (TPSA) is 115 Å². The maximum Gasteiger partial charge on any atom is 0.418 e. The van der Waals surface area contributed by atoms with Gasteiger partial charge in [0.2, 0.25) is 0 Å². The minimum Gasteiger partial charge on any atom is -0.398 e. The Labute approximate surface area is 196 Å². The first kappa shape index (κ1) is 24.0. The molecular formula is C21H23F4N7OS. The molecule has 0 spiro atoms. The second kappa shape index (κ2) is 9.22. The van der Waals surface area contributed by atoms with Gasteiger partial charge >= 0.3 is 6.18 Å². The third kappa shape index (κ3) is 4.57. The zero-order chi connectivity index (χ0) is 24.6. The first-order chi connectivity index (χ1) is 16.1. The molecule has 8 nitrogen and oxygen atoms in total. The van der Waals surface area contributed by atoms with Crippen molar-refractivity contribution in [2.75, 3.05) is 29.0 Å². The highest BCUT2D eigenvalue weighted by molar-refractivity contribution is 7.07. The van der Waals surface area contributed by atoms with E-state index in [0.29, 0.717) is 31.4 Å². The molecule has 182 valence electrons. The molecule has 4 rings (SSSR count). The molecule has 1 saturated heterocycles. The van der Waals surface area contributed by atoms with E-state index in [0.717, 1.165) is 24.2 Å². The third-order valence-electron chi connectivity index (χ3n) is 5.77. The zero-order valence-corrected chi connectivity index (χ0v) is 19.0. The summed E-state index contributed by atoms with van der Waals surface area (Å²) in [4.78, 5) is 18.2. The number of benzene rings is 1. The van der Waals surface area contributed by atoms with Gasteiger partial charge in [0.05, 0.1) is 28.6 Å². The van der Waals surface area contributed by atoms with Crippen molar-refractivity contribution < 1.29 is 22.4 Å². The van der Waals surface area contributed by atoms with Crippen LogP contribution in [-0.2, 0) is 13.2 Å². The Balaban J connectivity index is 1.86. The van der Waals surface area contributed by atoms with Crippen LogP contribution in [0, 0.1) is 5.82 Å². The molecule has 0 bridgehead atoms. The molecule has 1 atom stereocenters. The lowest BCUT2D eigenvalue weighted by molar-refractivity contribution is -0.136. The maximum absolute atomic E-state index is 15.7. The van der Waals surface area contributed by atoms with Crippen LogP contribution in [0.1, 0.15) is 35.3 Å². The molecule has 1 aliphatic heterocycles. The molecule has 2 aromatic heterocycles. The van der Waals surface area contributed by atoms with Crippen molar-refractivity contribution in [3.8, 4) is 11.1 Å². The fraction of sp³-hybridized carbons (Fsp3) is 0.381. The van der Waals surface area contributed by atoms with Gasteiger partial charge in [-0.25, -0.2) is 9.37 Å². The van der Waals surface area contributed by atoms with E-state index in [1.807, 2.05) is 4.90 Å². The molecule has 1 amide bonds. The molecule has 1 fully saturated rings. The SMILES string of the molecule is Cn1ncc(-c2c(N)c(C(F)(F)F)cc(NC(=O)c3cscn3)c2F)c1N1CCC[C@@H](N)CC1. The van der Waals surface area contributed by atoms with Gasteiger partial charge in [0.1, 0.15) is 11.5 Å². The van der Waals surface area contributed by atoms with Crippen LogP contribution < -0.4 is 21.7 Å². The highest BCUT2D eigenvalue weighted by Gasteiger charge is 2.37. The molecule has 0 aliphatic carbocycles. The highest BCUT2D eigenvalue weighted by atomic mass is 32.1. The molecule has 5 N–H and O–H groups in total. The van der Waals surface area contributed by atoms with Crippen molar-refractivity contribution >= 4 is 34.4 Å². The van der Waals surface area contributed by atoms with Crippen molar-refractivity contribution in [2.24, 2.45) is 12.8 Å². The van der Waals surface area contributed by atoms with Gasteiger partial charge in [-0.05, 0) is 25.3 Å². The van der Waals surface area contributed by atoms with Gasteiger partial charge in [0, 0.05) is 42.7 Å². The summed E-state index contributed by atoms with van der Waals surface area (Å²) in [7, 11) is 1.62. The van der Waals surface area contributed by atoms with Crippen molar-refractivity contribution in [2.45, 2.75) is 31.5 Å². The Morgan fingerprint density at radius 2 is 2.06 bits per heavy atom. The summed E-state index contributed by atoms with van der Waals surface area (Å²) in [6.07, 6.45) is -1.37. The largest absolute Gasteiger partial charge is 0.418 e. The zero-order valence-electron chi connectivity index (χ0n) is 18.2. The van der Waals surface area contributed by atoms with E-state index in [2.05, 4.69) is 15.4 Å². The number of nitrogens with zero attached hydrogens (tertiary/aromatic N) is 4. The number of hydrogen-bond donors (Lipinski definition) is 3. The summed E-state index contributed by atoms with van der Waals surface area (Å²) < 4.78 is 58.8. The number of nitrogens with one attached hydrogen (secondary N) is 1. The van der Waals surface area contributed by atoms with Crippen molar-refractivity contribution in [1.29, 1.82) is 0 Å². The number of aromatic nitrogens is 3. The van der Waals surface area contributed by atoms with Crippen LogP contribution in [0.25, 0.3) is 11.1 Å². The van der Waals surface area contributed by atoms with Crippen molar-refractivity contribution in [1.82, 2.24) is 14.8 Å². The second-order valence-electron chi connectivity index (χ2n) is 8.08. The van der Waals surface area contributed by atoms with Crippen LogP contribution >= 0.6 is 11.3 Å². The lowest BCUT2D eigenvalue weighted by Crippen LogP contribution is -2.28. The van der Waals surface area contributed by atoms with Gasteiger partial charge < -0.3 is 21.7 Å². The van der Waals surface area contributed by atoms with E-state index < -0.39 is 40.4 Å². The average molecular weight is 498 g/mol. The number of thiazole rings is 1. The van der Waals surface area contributed by atoms with Crippen LogP contribution in [0.5, 0.6) is 0 Å². The quantitative estimate of drug-likeness (QED) is 0.373. The molecule has 1 aromatic carbocycles. The summed E-state index contributed by atoms with van der Waals surface area (Å²) in [5, 5.41) is 7.77. The number of amides is 1. The first-order valence-electron chi connectivity index (χ1n) is 10.5. The molecule has 1 aliphatic rings. The summed E-state index contributed by atoms with van der Waals surface area (Å²) in [5.74, 6) is -1.50. The Morgan fingerprint density at radius 1 is 1.29 bits per heavy atom. The van der Waals surface area contributed by atoms with E-state index in [1.54, 1.807) is 7.05 Å². The predicted molar refractivity (Wildman–Crippen MR) is 122 cm³/mol. The smallest absolute Gasteiger partial charge is 0.398 e. The van der Waals surface area contributed by atoms with Gasteiger partial charge in [-0.1, -0.05) is 0 Å². The minimum absolute atomic E-state index is 0.00423. The van der Waals surface area contributed by atoms with Crippen LogP contribution in [0.2, 0.25) is 0 Å². The molecular weight excluding hydrogens is 474 g/mol. The molecule has 0 unspecified atom stereocenters. The van der Waals surface area contributed by atoms with E-state index in [9.17, 15) is 18.0 Å². The normalized spacial score (nSPS) is 17.0. The summed E-state index contributed by atoms with van der Waals surface area (Å²) in [6, 6.07) is 0.504. The van der Waals surface area contributed by atoms with Crippen LogP contribution in [0.15, 0.2) is 23.2 Å². The van der Waals surface area contributed by atoms with Gasteiger partial charge in [-0.3, -0.25) is 9.48 Å². The standard InChI is InChI=1S/C21H23F4N7OS/c1-31-20(32-5-2-3-11(26)4-6-32)12(8-29-31)16-17(22)14(7-13(18(16)27)21(23,24)25)30-19(33)15-9-34-10-28-15/h7-11H,2-6,26-27H2,1H3,(H,30,33)/t11-/m1/s1. The molecule has 13 heteroatoms. The third-order valence-corrected chi connectivity index (χ3v) is 6.36. The van der Waals surface area contributed by atoms with Crippen LogP contribution in [0.3, 0.4) is 0 Å². The van der Waals surface area contributed by atoms with Gasteiger partial charge in [0.15, 0.2) is 5.82 Å². The van der Waals surface area contributed by atoms with E-state index in [4.69, 9.17) is 11.5 Å². The predicted octanol–water partition coefficient (Wildman–Crippen LogP) is 3.85. The number of nitrogens with two attached hydrogens (primary N) is 2. The second-order valence-corrected chi connectivity index (χ2v) is 8.80. The summed E-state index contributed by atoms with van der Waals surface area (Å²) >= 11 is 1.12. The van der Waals surface area contributed by atoms with Crippen LogP contribution in [0.4, 0.5) is 34.8 Å². The Kier molecular flexibility index (Phi) is 6.49. The Bertz CT molecular complexity index is 1190. The first-order valence-corrected chi connectivity index (χ1v) is 11.4. The Morgan fingerprint density at radius 3 is 2.74 bits per heavy atom. The molecule has 3 aromatic rings. The van der Waals surface area contributed by atoms with Crippen molar-refractivity contribution in [3.63, 3.8) is 0 Å². The number of rotatable bonds is 4. The van der Waals surface area contributed by atoms with Crippen molar-refractivity contribution in [3.05, 3.63) is 40.2 Å². The lowest BCUT2D eigenvalue weighted by Gasteiger charge is -2.25. The summed E-state index contributed by atoms with van der Waals surface area (Å²) in [6.45, 7) is 1.11. The number of carbonyl (C=O) groups is 1. The molecule has 0 saturated carbocycles. The highest BCUT2D eigenvalue weighted by Crippen LogP contribution is 2.45. The fourth-order valence-corrected chi connectivity index (χ4v) is 4.62. The Hall–Kier alpha value is -3.19. The van der Waals surface area contributed by atoms with E-state index in [1.165, 1.54) is 21.8 Å². The minimum atomic E-state index is -4.88. The number of nitrogen functional groups attached to an aromatic ring is 1. The number of halogens is 4. The molecule has 0 radical (unpaired) electrons. The van der Waals surface area contributed by atoms with Crippen LogP contribution in [-0.4, -0.2) is 39.8 Å². The number of anilines is 3. The van der Waals surface area contributed by atoms with E-state index >= 15 is 4.39 Å². The lowest BCUT2D eigenvalue weighted by atomic mass is 9.99. The number of aryl methyl sites for hydroxylation is 1. The number of hydrogen-bond acceptors (Lipinski definition) is 7. The monoisotopic (exact) mass is 497 g/mol. The van der Waals surface area contributed by atoms with Gasteiger partial charge in [-0.15, -0.1) is 11.3 Å². The average Bonchev–Trinajstić information content (AvgIpc) is 3.37. The molecule has 3 heterocycles. The number of carbonyl (C=O) groups excluding carboxylic acids is 1. The maximum atomic E-state index is 15.7. The van der Waals surface area contributed by atoms with Gasteiger partial charge in [0.25, 0.3) is 5.91 Å². The molecule has 34 heavy (non-hydrogen) atoms. The van der Waals surface area contributed by atoms with Gasteiger partial charge in [-0.2, -0.15) is 18.3 Å². The fourth-order valence-electron chi connectivity index (χ4n) is 4.09.